The van der Waals surface area contributed by atoms with E-state index in [0.717, 1.165) is 38.7 Å². The maximum Gasteiger partial charge on any atom is 0.309 e. The average Bonchev–Trinajstić information content (AvgIpc) is 2.77. The van der Waals surface area contributed by atoms with Crippen molar-refractivity contribution < 1.29 is 19.4 Å². The molecule has 2 aliphatic rings. The molecule has 2 fully saturated rings. The van der Waals surface area contributed by atoms with Gasteiger partial charge in [-0.25, -0.2) is 0 Å². The van der Waals surface area contributed by atoms with Gasteiger partial charge in [0.25, 0.3) is 0 Å². The third-order valence-corrected chi connectivity index (χ3v) is 4.72. The second-order valence-electron chi connectivity index (χ2n) is 6.00. The van der Waals surface area contributed by atoms with E-state index in [4.69, 9.17) is 9.47 Å². The second kappa shape index (κ2) is 5.17. The number of hydrogen-bond acceptors (Lipinski definition) is 3. The van der Waals surface area contributed by atoms with Gasteiger partial charge in [0.15, 0.2) is 0 Å². The van der Waals surface area contributed by atoms with Crippen LogP contribution in [0.5, 0.6) is 0 Å². The van der Waals surface area contributed by atoms with Crippen molar-refractivity contribution in [2.45, 2.75) is 51.6 Å². The Kier molecular flexibility index (Phi) is 3.97. The van der Waals surface area contributed by atoms with E-state index in [1.807, 2.05) is 6.92 Å². The van der Waals surface area contributed by atoms with E-state index in [-0.39, 0.29) is 11.5 Å². The van der Waals surface area contributed by atoms with Crippen molar-refractivity contribution in [2.24, 2.45) is 11.3 Å². The molecule has 0 amide bonds. The van der Waals surface area contributed by atoms with Crippen molar-refractivity contribution in [3.8, 4) is 0 Å². The molecule has 2 saturated heterocycles. The Bertz CT molecular complexity index is 309. The van der Waals surface area contributed by atoms with Gasteiger partial charge in [0.1, 0.15) is 0 Å². The first-order chi connectivity index (χ1) is 8.52. The van der Waals surface area contributed by atoms with Crippen molar-refractivity contribution in [3.63, 3.8) is 0 Å². The van der Waals surface area contributed by atoms with Crippen LogP contribution >= 0.6 is 0 Å². The molecular formula is C14H24O4. The van der Waals surface area contributed by atoms with E-state index in [9.17, 15) is 9.90 Å². The molecule has 18 heavy (non-hydrogen) atoms. The maximum atomic E-state index is 11.6. The van der Waals surface area contributed by atoms with Gasteiger partial charge in [0, 0.05) is 19.6 Å². The Balaban J connectivity index is 2.13. The van der Waals surface area contributed by atoms with Crippen LogP contribution in [-0.4, -0.2) is 36.5 Å². The summed E-state index contributed by atoms with van der Waals surface area (Å²) in [6.45, 7) is 5.99. The summed E-state index contributed by atoms with van der Waals surface area (Å²) in [6, 6.07) is 0. The van der Waals surface area contributed by atoms with Crippen molar-refractivity contribution in [2.75, 3.05) is 19.8 Å². The smallest absolute Gasteiger partial charge is 0.309 e. The fourth-order valence-electron chi connectivity index (χ4n) is 3.44. The number of aliphatic carboxylic acids is 1. The first kappa shape index (κ1) is 13.8. The predicted octanol–water partition coefficient (Wildman–Crippen LogP) is 2.46. The second-order valence-corrected chi connectivity index (χ2v) is 6.00. The van der Waals surface area contributed by atoms with E-state index in [2.05, 4.69) is 6.92 Å². The first-order valence-electron chi connectivity index (χ1n) is 6.97. The fraction of sp³-hybridized carbons (Fsp3) is 0.929. The van der Waals surface area contributed by atoms with Gasteiger partial charge >= 0.3 is 5.97 Å². The molecule has 2 rings (SSSR count). The zero-order valence-electron chi connectivity index (χ0n) is 11.4. The Labute approximate surface area is 109 Å². The van der Waals surface area contributed by atoms with E-state index in [1.165, 1.54) is 0 Å². The van der Waals surface area contributed by atoms with Crippen LogP contribution in [-0.2, 0) is 14.3 Å². The van der Waals surface area contributed by atoms with Crippen LogP contribution in [0.2, 0.25) is 0 Å². The molecule has 0 saturated carbocycles. The Morgan fingerprint density at radius 1 is 1.50 bits per heavy atom. The molecule has 0 bridgehead atoms. The molecule has 4 heteroatoms. The SMILES string of the molecule is CCCC(C)(C(=O)O)C1CCOC2(CCOC2)C1. The normalized spacial score (nSPS) is 35.6. The molecular weight excluding hydrogens is 232 g/mol. The molecule has 0 aromatic rings. The third kappa shape index (κ3) is 2.41. The fourth-order valence-corrected chi connectivity index (χ4v) is 3.44. The van der Waals surface area contributed by atoms with Gasteiger partial charge in [0.2, 0.25) is 0 Å². The molecule has 2 heterocycles. The number of rotatable bonds is 4. The Hall–Kier alpha value is -0.610. The van der Waals surface area contributed by atoms with Crippen LogP contribution in [0.25, 0.3) is 0 Å². The van der Waals surface area contributed by atoms with Gasteiger partial charge in [-0.2, -0.15) is 0 Å². The van der Waals surface area contributed by atoms with Crippen molar-refractivity contribution in [1.82, 2.24) is 0 Å². The molecule has 1 N–H and O–H groups in total. The van der Waals surface area contributed by atoms with Gasteiger partial charge < -0.3 is 14.6 Å². The zero-order valence-corrected chi connectivity index (χ0v) is 11.4. The number of carboxylic acid groups (broad SMARTS) is 1. The number of carboxylic acids is 1. The minimum absolute atomic E-state index is 0.199. The van der Waals surface area contributed by atoms with Gasteiger partial charge in [-0.1, -0.05) is 13.3 Å². The highest BCUT2D eigenvalue weighted by Crippen LogP contribution is 2.45. The average molecular weight is 256 g/mol. The van der Waals surface area contributed by atoms with Gasteiger partial charge in [0.05, 0.1) is 17.6 Å². The monoisotopic (exact) mass is 256 g/mol. The van der Waals surface area contributed by atoms with Crippen LogP contribution in [0.3, 0.4) is 0 Å². The molecule has 3 atom stereocenters. The zero-order chi connectivity index (χ0) is 13.2. The number of ether oxygens (including phenoxy) is 2. The Morgan fingerprint density at radius 3 is 2.83 bits per heavy atom. The van der Waals surface area contributed by atoms with E-state index >= 15 is 0 Å². The summed E-state index contributed by atoms with van der Waals surface area (Å²) in [6.07, 6.45) is 4.24. The minimum atomic E-state index is -0.662. The van der Waals surface area contributed by atoms with Crippen molar-refractivity contribution >= 4 is 5.97 Å². The largest absolute Gasteiger partial charge is 0.481 e. The lowest BCUT2D eigenvalue weighted by Crippen LogP contribution is -2.47. The highest BCUT2D eigenvalue weighted by molar-refractivity contribution is 5.74. The molecule has 0 aromatic heterocycles. The lowest BCUT2D eigenvalue weighted by atomic mass is 9.67. The summed E-state index contributed by atoms with van der Waals surface area (Å²) in [5.74, 6) is -0.462. The highest BCUT2D eigenvalue weighted by atomic mass is 16.6. The van der Waals surface area contributed by atoms with E-state index in [1.54, 1.807) is 0 Å². The first-order valence-corrected chi connectivity index (χ1v) is 6.97. The molecule has 104 valence electrons. The van der Waals surface area contributed by atoms with Gasteiger partial charge in [-0.3, -0.25) is 4.79 Å². The molecule has 0 radical (unpaired) electrons. The topological polar surface area (TPSA) is 55.8 Å². The summed E-state index contributed by atoms with van der Waals surface area (Å²) >= 11 is 0. The van der Waals surface area contributed by atoms with Crippen LogP contribution in [0, 0.1) is 11.3 Å². The van der Waals surface area contributed by atoms with E-state index < -0.39 is 11.4 Å². The summed E-state index contributed by atoms with van der Waals surface area (Å²) < 4.78 is 11.3. The van der Waals surface area contributed by atoms with Crippen LogP contribution in [0.4, 0.5) is 0 Å². The lowest BCUT2D eigenvalue weighted by molar-refractivity contribution is -0.162. The molecule has 2 aliphatic heterocycles. The summed E-state index contributed by atoms with van der Waals surface area (Å²) in [4.78, 5) is 11.6. The third-order valence-electron chi connectivity index (χ3n) is 4.72. The van der Waals surface area contributed by atoms with Crippen molar-refractivity contribution in [3.05, 3.63) is 0 Å². The quantitative estimate of drug-likeness (QED) is 0.839. The Morgan fingerprint density at radius 2 is 2.28 bits per heavy atom. The predicted molar refractivity (Wildman–Crippen MR) is 67.5 cm³/mol. The van der Waals surface area contributed by atoms with E-state index in [0.29, 0.717) is 13.2 Å². The molecule has 0 aliphatic carbocycles. The van der Waals surface area contributed by atoms with Crippen molar-refractivity contribution in [1.29, 1.82) is 0 Å². The highest BCUT2D eigenvalue weighted by Gasteiger charge is 2.49. The van der Waals surface area contributed by atoms with Crippen LogP contribution in [0.1, 0.15) is 46.0 Å². The maximum absolute atomic E-state index is 11.6. The standard InChI is InChI=1S/C14H24O4/c1-3-5-13(2,12(15)16)11-4-7-18-14(9-11)6-8-17-10-14/h11H,3-10H2,1-2H3,(H,15,16). The lowest BCUT2D eigenvalue weighted by Gasteiger charge is -2.43. The molecule has 3 unspecified atom stereocenters. The summed E-state index contributed by atoms with van der Waals surface area (Å²) in [7, 11) is 0. The van der Waals surface area contributed by atoms with Gasteiger partial charge in [-0.05, 0) is 32.1 Å². The molecule has 1 spiro atoms. The van der Waals surface area contributed by atoms with Gasteiger partial charge in [-0.15, -0.1) is 0 Å². The molecule has 4 nitrogen and oxygen atoms in total. The summed E-state index contributed by atoms with van der Waals surface area (Å²) in [5, 5.41) is 9.58. The number of carbonyl (C=O) groups is 1. The molecule has 0 aromatic carbocycles. The summed E-state index contributed by atoms with van der Waals surface area (Å²) in [5.41, 5.74) is -0.818. The minimum Gasteiger partial charge on any atom is -0.481 e. The van der Waals surface area contributed by atoms with Crippen LogP contribution < -0.4 is 0 Å². The van der Waals surface area contributed by atoms with Crippen LogP contribution in [0.15, 0.2) is 0 Å². The number of hydrogen-bond donors (Lipinski definition) is 1.